The minimum absolute atomic E-state index is 0.0563. The van der Waals surface area contributed by atoms with Crippen LogP contribution < -0.4 is 0 Å². The van der Waals surface area contributed by atoms with E-state index in [-0.39, 0.29) is 23.7 Å². The lowest BCUT2D eigenvalue weighted by molar-refractivity contribution is -0.163. The van der Waals surface area contributed by atoms with Gasteiger partial charge in [0.25, 0.3) is 5.91 Å². The molecule has 0 N–H and O–H groups in total. The van der Waals surface area contributed by atoms with Gasteiger partial charge in [0.2, 0.25) is 0 Å². The molecule has 2 atom stereocenters. The summed E-state index contributed by atoms with van der Waals surface area (Å²) in [7, 11) is 0. The van der Waals surface area contributed by atoms with Gasteiger partial charge in [0.1, 0.15) is 6.10 Å². The number of nitrogens with zero attached hydrogens (tertiary/aromatic N) is 1. The molecule has 4 heteroatoms. The summed E-state index contributed by atoms with van der Waals surface area (Å²) in [5.74, 6) is 0.129. The van der Waals surface area contributed by atoms with Crippen molar-refractivity contribution in [2.24, 2.45) is 0 Å². The van der Waals surface area contributed by atoms with E-state index < -0.39 is 0 Å². The molecule has 1 aromatic rings. The predicted octanol–water partition coefficient (Wildman–Crippen LogP) is 2.41. The third-order valence-corrected chi connectivity index (χ3v) is 4.57. The maximum atomic E-state index is 12.8. The van der Waals surface area contributed by atoms with Crippen molar-refractivity contribution >= 4 is 5.91 Å². The zero-order valence-corrected chi connectivity index (χ0v) is 13.5. The number of benzene rings is 1. The van der Waals surface area contributed by atoms with Gasteiger partial charge in [0, 0.05) is 19.6 Å². The van der Waals surface area contributed by atoms with E-state index >= 15 is 0 Å². The van der Waals surface area contributed by atoms with Gasteiger partial charge in [-0.15, -0.1) is 0 Å². The van der Waals surface area contributed by atoms with Crippen LogP contribution in [-0.2, 0) is 20.7 Å². The molecule has 120 valence electrons. The van der Waals surface area contributed by atoms with E-state index in [1.54, 1.807) is 0 Å². The summed E-state index contributed by atoms with van der Waals surface area (Å²) in [5.41, 5.74) is 0.979. The molecule has 0 saturated carbocycles. The number of carbonyl (C=O) groups excluding carboxylic acids is 1. The van der Waals surface area contributed by atoms with Gasteiger partial charge < -0.3 is 14.4 Å². The van der Waals surface area contributed by atoms with Crippen molar-refractivity contribution in [3.05, 3.63) is 35.9 Å². The van der Waals surface area contributed by atoms with Gasteiger partial charge in [-0.3, -0.25) is 4.79 Å². The third-order valence-electron chi connectivity index (χ3n) is 4.57. The summed E-state index contributed by atoms with van der Waals surface area (Å²) < 4.78 is 11.6. The SMILES string of the molecule is CC1(C)COC(Cc2ccccc2)CN1C(=O)C1CCCO1. The highest BCUT2D eigenvalue weighted by molar-refractivity contribution is 5.82. The Kier molecular flexibility index (Phi) is 4.50. The summed E-state index contributed by atoms with van der Waals surface area (Å²) >= 11 is 0. The number of hydrogen-bond donors (Lipinski definition) is 0. The Hall–Kier alpha value is -1.39. The maximum Gasteiger partial charge on any atom is 0.252 e. The predicted molar refractivity (Wildman–Crippen MR) is 84.7 cm³/mol. The van der Waals surface area contributed by atoms with Crippen molar-refractivity contribution in [3.63, 3.8) is 0 Å². The van der Waals surface area contributed by atoms with Crippen molar-refractivity contribution in [2.45, 2.75) is 50.9 Å². The van der Waals surface area contributed by atoms with Crippen molar-refractivity contribution < 1.29 is 14.3 Å². The first-order valence-electron chi connectivity index (χ1n) is 8.15. The van der Waals surface area contributed by atoms with E-state index in [0.717, 1.165) is 19.3 Å². The molecule has 2 heterocycles. The molecular formula is C18H25NO3. The van der Waals surface area contributed by atoms with Crippen LogP contribution in [0.15, 0.2) is 30.3 Å². The van der Waals surface area contributed by atoms with Crippen molar-refractivity contribution in [3.8, 4) is 0 Å². The molecule has 3 rings (SSSR count). The Morgan fingerprint density at radius 3 is 2.73 bits per heavy atom. The summed E-state index contributed by atoms with van der Waals surface area (Å²) in [6.07, 6.45) is 2.46. The van der Waals surface area contributed by atoms with Gasteiger partial charge in [0.15, 0.2) is 0 Å². The van der Waals surface area contributed by atoms with Crippen LogP contribution in [0.2, 0.25) is 0 Å². The maximum absolute atomic E-state index is 12.8. The third kappa shape index (κ3) is 3.33. The minimum Gasteiger partial charge on any atom is -0.374 e. The molecule has 2 unspecified atom stereocenters. The van der Waals surface area contributed by atoms with Crippen LogP contribution in [0.5, 0.6) is 0 Å². The van der Waals surface area contributed by atoms with Crippen molar-refractivity contribution in [1.29, 1.82) is 0 Å². The normalized spacial score (nSPS) is 27.8. The first-order valence-corrected chi connectivity index (χ1v) is 8.15. The highest BCUT2D eigenvalue weighted by Crippen LogP contribution is 2.27. The second kappa shape index (κ2) is 6.39. The van der Waals surface area contributed by atoms with E-state index in [1.165, 1.54) is 5.56 Å². The molecule has 0 aromatic heterocycles. The molecule has 0 bridgehead atoms. The second-order valence-corrected chi connectivity index (χ2v) is 6.89. The Balaban J connectivity index is 1.68. The smallest absolute Gasteiger partial charge is 0.252 e. The quantitative estimate of drug-likeness (QED) is 0.861. The lowest BCUT2D eigenvalue weighted by atomic mass is 9.97. The lowest BCUT2D eigenvalue weighted by Gasteiger charge is -2.46. The zero-order chi connectivity index (χ0) is 15.6. The van der Waals surface area contributed by atoms with Crippen LogP contribution in [0.3, 0.4) is 0 Å². The largest absolute Gasteiger partial charge is 0.374 e. The number of morpholine rings is 1. The van der Waals surface area contributed by atoms with Crippen molar-refractivity contribution in [2.75, 3.05) is 19.8 Å². The van der Waals surface area contributed by atoms with Crippen LogP contribution in [0, 0.1) is 0 Å². The molecule has 0 radical (unpaired) electrons. The molecule has 2 aliphatic heterocycles. The standard InChI is InChI=1S/C18H25NO3/c1-18(2)13-22-15(11-14-7-4-3-5-8-14)12-19(18)17(20)16-9-6-10-21-16/h3-5,7-8,15-16H,6,9-13H2,1-2H3. The molecule has 2 fully saturated rings. The second-order valence-electron chi connectivity index (χ2n) is 6.89. The van der Waals surface area contributed by atoms with E-state index in [9.17, 15) is 4.79 Å². The molecule has 22 heavy (non-hydrogen) atoms. The lowest BCUT2D eigenvalue weighted by Crippen LogP contribution is -2.60. The average molecular weight is 303 g/mol. The summed E-state index contributed by atoms with van der Waals surface area (Å²) in [6.45, 7) is 6.05. The fourth-order valence-corrected chi connectivity index (χ4v) is 3.24. The van der Waals surface area contributed by atoms with Crippen LogP contribution in [-0.4, -0.2) is 48.3 Å². The number of amides is 1. The number of carbonyl (C=O) groups is 1. The number of rotatable bonds is 3. The van der Waals surface area contributed by atoms with Crippen LogP contribution in [0.25, 0.3) is 0 Å². The zero-order valence-electron chi connectivity index (χ0n) is 13.5. The Labute approximate surface area is 132 Å². The van der Waals surface area contributed by atoms with E-state index in [1.807, 2.05) is 23.1 Å². The molecule has 0 spiro atoms. The molecule has 1 aromatic carbocycles. The summed E-state index contributed by atoms with van der Waals surface area (Å²) in [5, 5.41) is 0. The van der Waals surface area contributed by atoms with E-state index in [2.05, 4.69) is 26.0 Å². The Bertz CT molecular complexity index is 508. The van der Waals surface area contributed by atoms with Gasteiger partial charge in [-0.25, -0.2) is 0 Å². The highest BCUT2D eigenvalue weighted by Gasteiger charge is 2.41. The van der Waals surface area contributed by atoms with Gasteiger partial charge in [0.05, 0.1) is 18.2 Å². The molecule has 4 nitrogen and oxygen atoms in total. The van der Waals surface area contributed by atoms with Crippen LogP contribution in [0.4, 0.5) is 0 Å². The Morgan fingerprint density at radius 2 is 2.05 bits per heavy atom. The van der Waals surface area contributed by atoms with Gasteiger partial charge in [-0.1, -0.05) is 30.3 Å². The fourth-order valence-electron chi connectivity index (χ4n) is 3.24. The number of ether oxygens (including phenoxy) is 2. The van der Waals surface area contributed by atoms with Crippen LogP contribution in [0.1, 0.15) is 32.3 Å². The number of hydrogen-bond acceptors (Lipinski definition) is 3. The molecule has 1 amide bonds. The summed E-state index contributed by atoms with van der Waals surface area (Å²) in [6, 6.07) is 10.3. The van der Waals surface area contributed by atoms with Crippen molar-refractivity contribution in [1.82, 2.24) is 4.90 Å². The fraction of sp³-hybridized carbons (Fsp3) is 0.611. The Morgan fingerprint density at radius 1 is 1.27 bits per heavy atom. The first-order chi connectivity index (χ1) is 10.6. The molecule has 2 aliphatic rings. The monoisotopic (exact) mass is 303 g/mol. The molecular weight excluding hydrogens is 278 g/mol. The first kappa shape index (κ1) is 15.5. The van der Waals surface area contributed by atoms with E-state index in [4.69, 9.17) is 9.47 Å². The molecule has 0 aliphatic carbocycles. The summed E-state index contributed by atoms with van der Waals surface area (Å²) in [4.78, 5) is 14.7. The topological polar surface area (TPSA) is 38.8 Å². The van der Waals surface area contributed by atoms with Gasteiger partial charge >= 0.3 is 0 Å². The van der Waals surface area contributed by atoms with Crippen LogP contribution >= 0.6 is 0 Å². The minimum atomic E-state index is -0.268. The van der Waals surface area contributed by atoms with Gasteiger partial charge in [-0.2, -0.15) is 0 Å². The highest BCUT2D eigenvalue weighted by atomic mass is 16.5. The average Bonchev–Trinajstić information content (AvgIpc) is 3.04. The van der Waals surface area contributed by atoms with E-state index in [0.29, 0.717) is 19.8 Å². The molecule has 2 saturated heterocycles. The van der Waals surface area contributed by atoms with Gasteiger partial charge in [-0.05, 0) is 32.3 Å².